The third-order valence-corrected chi connectivity index (χ3v) is 6.21. The van der Waals surface area contributed by atoms with E-state index in [0.29, 0.717) is 36.1 Å². The lowest BCUT2D eigenvalue weighted by Gasteiger charge is -2.21. The highest BCUT2D eigenvalue weighted by Gasteiger charge is 2.45. The highest BCUT2D eigenvalue weighted by atomic mass is 32.1. The molecule has 4 rings (SSSR count). The zero-order valence-corrected chi connectivity index (χ0v) is 21.5. The number of hydrogen-bond donors (Lipinski definition) is 2. The van der Waals surface area contributed by atoms with Gasteiger partial charge in [0.1, 0.15) is 24.1 Å². The minimum Gasteiger partial charge on any atom is -0.494 e. The minimum atomic E-state index is -0.934. The smallest absolute Gasteiger partial charge is 0.431 e. The van der Waals surface area contributed by atoms with Gasteiger partial charge in [-0.05, 0) is 79.9 Å². The summed E-state index contributed by atoms with van der Waals surface area (Å²) in [5, 5.41) is 5.44. The number of benzene rings is 2. The van der Waals surface area contributed by atoms with E-state index in [1.807, 2.05) is 13.8 Å². The molecule has 0 bridgehead atoms. The van der Waals surface area contributed by atoms with Gasteiger partial charge in [-0.1, -0.05) is 4.68 Å². The third-order valence-electron chi connectivity index (χ3n) is 5.79. The molecule has 1 aliphatic heterocycles. The van der Waals surface area contributed by atoms with Crippen molar-refractivity contribution in [2.45, 2.75) is 32.9 Å². The topological polar surface area (TPSA) is 121 Å². The second-order valence-corrected chi connectivity index (χ2v) is 8.59. The molecule has 1 aromatic heterocycles. The molecule has 2 heterocycles. The molecule has 1 atom stereocenters. The monoisotopic (exact) mass is 526 g/mol. The summed E-state index contributed by atoms with van der Waals surface area (Å²) in [5.74, 6) is 0.587. The molecule has 0 radical (unpaired) electrons. The fraction of sp³-hybridized carbons (Fsp3) is 0.320. The lowest BCUT2D eigenvalue weighted by Crippen LogP contribution is -2.44. The van der Waals surface area contributed by atoms with E-state index in [0.717, 1.165) is 0 Å². The normalized spacial score (nSPS) is 15.3. The quantitative estimate of drug-likeness (QED) is 0.305. The van der Waals surface area contributed by atoms with Gasteiger partial charge in [0.2, 0.25) is 5.91 Å². The molecule has 37 heavy (non-hydrogen) atoms. The molecule has 0 saturated carbocycles. The van der Waals surface area contributed by atoms with Gasteiger partial charge in [-0.25, -0.2) is 4.79 Å². The molecule has 1 fully saturated rings. The number of anilines is 2. The fourth-order valence-electron chi connectivity index (χ4n) is 3.99. The lowest BCUT2D eigenvalue weighted by atomic mass is 10.1. The van der Waals surface area contributed by atoms with Crippen LogP contribution in [0.1, 0.15) is 26.0 Å². The maximum atomic E-state index is 13.6. The predicted molar refractivity (Wildman–Crippen MR) is 138 cm³/mol. The molecule has 12 heteroatoms. The van der Waals surface area contributed by atoms with Crippen molar-refractivity contribution < 1.29 is 28.3 Å². The second-order valence-electron chi connectivity index (χ2n) is 8.22. The van der Waals surface area contributed by atoms with Crippen molar-refractivity contribution in [3.63, 3.8) is 0 Å². The van der Waals surface area contributed by atoms with Crippen molar-refractivity contribution in [2.75, 3.05) is 23.4 Å². The van der Waals surface area contributed by atoms with Crippen LogP contribution in [0.15, 0.2) is 57.8 Å². The Hall–Kier alpha value is -4.19. The van der Waals surface area contributed by atoms with Crippen molar-refractivity contribution in [1.29, 1.82) is 0 Å². The molecule has 11 nitrogen and oxygen atoms in total. The Labute approximate surface area is 218 Å². The highest BCUT2D eigenvalue weighted by molar-refractivity contribution is 7.80. The van der Waals surface area contributed by atoms with E-state index < -0.39 is 11.7 Å². The van der Waals surface area contributed by atoms with Crippen LogP contribution in [0.4, 0.5) is 11.4 Å². The van der Waals surface area contributed by atoms with Gasteiger partial charge >= 0.3 is 11.3 Å². The van der Waals surface area contributed by atoms with Gasteiger partial charge in [0.15, 0.2) is 12.2 Å². The molecule has 194 valence electrons. The van der Waals surface area contributed by atoms with Crippen LogP contribution in [-0.2, 0) is 23.2 Å². The summed E-state index contributed by atoms with van der Waals surface area (Å²) < 4.78 is 17.2. The van der Waals surface area contributed by atoms with Crippen LogP contribution in [0.5, 0.6) is 11.5 Å². The van der Waals surface area contributed by atoms with Crippen LogP contribution in [0, 0.1) is 0 Å². The number of carbonyl (C=O) groups excluding carboxylic acids is 2. The first-order chi connectivity index (χ1) is 17.8. The van der Waals surface area contributed by atoms with Gasteiger partial charge in [-0.2, -0.15) is 0 Å². The molecule has 1 aliphatic rings. The molecule has 2 aromatic carbocycles. The summed E-state index contributed by atoms with van der Waals surface area (Å²) in [6, 6.07) is 12.9. The van der Waals surface area contributed by atoms with Crippen LogP contribution in [0.2, 0.25) is 0 Å². The number of carbonyl (C=O) groups is 2. The molecule has 0 aliphatic carbocycles. The maximum absolute atomic E-state index is 13.6. The van der Waals surface area contributed by atoms with E-state index in [1.54, 1.807) is 60.5 Å². The first-order valence-corrected chi connectivity index (χ1v) is 12.2. The molecule has 2 N–H and O–H groups in total. The van der Waals surface area contributed by atoms with E-state index in [9.17, 15) is 14.4 Å². The van der Waals surface area contributed by atoms with Crippen LogP contribution in [0.25, 0.3) is 0 Å². The fourth-order valence-corrected chi connectivity index (χ4v) is 4.38. The average molecular weight is 527 g/mol. The zero-order valence-electron chi connectivity index (χ0n) is 20.7. The van der Waals surface area contributed by atoms with Crippen LogP contribution in [-0.4, -0.2) is 46.4 Å². The van der Waals surface area contributed by atoms with Crippen molar-refractivity contribution in [1.82, 2.24) is 10.2 Å². The van der Waals surface area contributed by atoms with Gasteiger partial charge in [-0.15, -0.1) is 0 Å². The molecule has 2 amide bonds. The standard InChI is InChI=1S/C25H27N5O6S/c1-4-34-18-10-6-16(7-11-18)26-22(31)14-20-23(32)30(17-8-12-19(13-9-17)35-5-2)25(37)29(20)15-21-24(33)36-27-28(21)3/h6-13,20H,4-5,14-15H2,1-3H3,(H-,26,27,31,33)/p+1. The molecular formula is C25H28N5O6S+. The Morgan fingerprint density at radius 2 is 1.65 bits per heavy atom. The van der Waals surface area contributed by atoms with Gasteiger partial charge in [0.25, 0.3) is 5.91 Å². The molecule has 1 saturated heterocycles. The van der Waals surface area contributed by atoms with Crippen molar-refractivity contribution >= 4 is 40.5 Å². The SMILES string of the molecule is CCOc1ccc(NC(=O)CC2C(=O)N(c3ccc(OCC)cc3)C(=S)N2Cc2c(=O)o[nH][n+]2C)cc1. The number of aromatic nitrogens is 2. The highest BCUT2D eigenvalue weighted by Crippen LogP contribution is 2.29. The van der Waals surface area contributed by atoms with Crippen LogP contribution < -0.4 is 30.0 Å². The van der Waals surface area contributed by atoms with Gasteiger partial charge < -0.3 is 19.7 Å². The number of nitrogens with one attached hydrogen (secondary N) is 2. The first kappa shape index (κ1) is 25.9. The number of thiocarbonyl (C=S) groups is 1. The lowest BCUT2D eigenvalue weighted by molar-refractivity contribution is -0.746. The Morgan fingerprint density at radius 1 is 1.05 bits per heavy atom. The maximum Gasteiger partial charge on any atom is 0.431 e. The Morgan fingerprint density at radius 3 is 2.19 bits per heavy atom. The Balaban J connectivity index is 1.58. The van der Waals surface area contributed by atoms with Gasteiger partial charge in [0.05, 0.1) is 25.3 Å². The summed E-state index contributed by atoms with van der Waals surface area (Å²) in [6.07, 6.45) is -0.181. The number of hydrogen-bond acceptors (Lipinski definition) is 7. The van der Waals surface area contributed by atoms with E-state index >= 15 is 0 Å². The number of H-pyrrole nitrogens is 1. The zero-order chi connectivity index (χ0) is 26.5. The van der Waals surface area contributed by atoms with E-state index in [2.05, 4.69) is 10.6 Å². The predicted octanol–water partition coefficient (Wildman–Crippen LogP) is 2.12. The number of rotatable bonds is 10. The first-order valence-electron chi connectivity index (χ1n) is 11.8. The van der Waals surface area contributed by atoms with Crippen molar-refractivity contribution in [3.05, 3.63) is 64.6 Å². The average Bonchev–Trinajstić information content (AvgIpc) is 3.31. The van der Waals surface area contributed by atoms with E-state index in [-0.39, 0.29) is 35.6 Å². The number of aromatic amines is 1. The number of aryl methyl sites for hydroxylation is 1. The molecule has 3 aromatic rings. The molecular weight excluding hydrogens is 498 g/mol. The van der Waals surface area contributed by atoms with Gasteiger partial charge in [-0.3, -0.25) is 19.0 Å². The summed E-state index contributed by atoms with van der Waals surface area (Å²) in [5.41, 5.74) is 0.757. The Bertz CT molecular complexity index is 1330. The van der Waals surface area contributed by atoms with E-state index in [1.165, 1.54) is 9.58 Å². The minimum absolute atomic E-state index is 0.0264. The Kier molecular flexibility index (Phi) is 7.87. The van der Waals surface area contributed by atoms with Gasteiger partial charge in [0, 0.05) is 5.69 Å². The third kappa shape index (κ3) is 5.64. The van der Waals surface area contributed by atoms with E-state index in [4.69, 9.17) is 26.2 Å². The number of amides is 2. The summed E-state index contributed by atoms with van der Waals surface area (Å²) in [7, 11) is 1.61. The second kappa shape index (κ2) is 11.2. The van der Waals surface area contributed by atoms with Crippen molar-refractivity contribution in [2.24, 2.45) is 7.05 Å². The van der Waals surface area contributed by atoms with Crippen LogP contribution >= 0.6 is 12.2 Å². The molecule has 1 unspecified atom stereocenters. The van der Waals surface area contributed by atoms with Crippen LogP contribution in [0.3, 0.4) is 0 Å². The summed E-state index contributed by atoms with van der Waals surface area (Å²) in [4.78, 5) is 41.7. The summed E-state index contributed by atoms with van der Waals surface area (Å²) in [6.45, 7) is 4.79. The largest absolute Gasteiger partial charge is 0.494 e. The van der Waals surface area contributed by atoms with Crippen molar-refractivity contribution in [3.8, 4) is 11.5 Å². The summed E-state index contributed by atoms with van der Waals surface area (Å²) >= 11 is 5.67. The number of nitrogens with zero attached hydrogens (tertiary/aromatic N) is 3. The molecule has 0 spiro atoms. The number of ether oxygens (including phenoxy) is 2.